The van der Waals surface area contributed by atoms with Crippen LogP contribution in [0.2, 0.25) is 0 Å². The monoisotopic (exact) mass is 428 g/mol. The van der Waals surface area contributed by atoms with Crippen molar-refractivity contribution in [3.8, 4) is 0 Å². The summed E-state index contributed by atoms with van der Waals surface area (Å²) < 4.78 is 0. The first kappa shape index (κ1) is 27.9. The Morgan fingerprint density at radius 2 is 1.03 bits per heavy atom. The van der Waals surface area contributed by atoms with Crippen molar-refractivity contribution in [3.63, 3.8) is 0 Å². The summed E-state index contributed by atoms with van der Waals surface area (Å²) in [5.41, 5.74) is 3.62. The zero-order valence-corrected chi connectivity index (χ0v) is 22.9. The van der Waals surface area contributed by atoms with Gasteiger partial charge in [-0.15, -0.1) is 0 Å². The number of rotatable bonds is 2. The Bertz CT molecular complexity index is 639. The van der Waals surface area contributed by atoms with Crippen molar-refractivity contribution in [1.29, 1.82) is 0 Å². The second kappa shape index (κ2) is 10.2. The third kappa shape index (κ3) is 9.92. The van der Waals surface area contributed by atoms with E-state index >= 15 is 0 Å². The molecule has 31 heavy (non-hydrogen) atoms. The highest BCUT2D eigenvalue weighted by Crippen LogP contribution is 2.38. The van der Waals surface area contributed by atoms with Crippen LogP contribution in [0.4, 0.5) is 0 Å². The molecule has 2 rings (SSSR count). The van der Waals surface area contributed by atoms with Gasteiger partial charge in [0.15, 0.2) is 0 Å². The quantitative estimate of drug-likeness (QED) is 0.459. The van der Waals surface area contributed by atoms with Crippen LogP contribution in [0, 0.1) is 22.7 Å². The highest BCUT2D eigenvalue weighted by atomic mass is 16.1. The van der Waals surface area contributed by atoms with Crippen LogP contribution >= 0.6 is 0 Å². The van der Waals surface area contributed by atoms with E-state index in [1.54, 1.807) is 0 Å². The molecule has 1 aromatic carbocycles. The number of carbonyl (C=O) groups is 1. The normalized spacial score (nSPS) is 20.6. The Morgan fingerprint density at radius 1 is 0.677 bits per heavy atom. The molecular weight excluding hydrogens is 376 g/mol. The van der Waals surface area contributed by atoms with E-state index in [1.165, 1.54) is 30.4 Å². The predicted octanol–water partition coefficient (Wildman–Crippen LogP) is 9.13. The lowest BCUT2D eigenvalue weighted by molar-refractivity contribution is -0.131. The van der Waals surface area contributed by atoms with Crippen molar-refractivity contribution in [2.75, 3.05) is 0 Å². The van der Waals surface area contributed by atoms with Crippen LogP contribution in [-0.2, 0) is 15.6 Å². The zero-order valence-electron chi connectivity index (χ0n) is 22.9. The van der Waals surface area contributed by atoms with E-state index in [0.717, 1.165) is 18.8 Å². The van der Waals surface area contributed by atoms with E-state index in [9.17, 15) is 4.79 Å². The van der Waals surface area contributed by atoms with Gasteiger partial charge in [0.05, 0.1) is 0 Å². The van der Waals surface area contributed by atoms with Gasteiger partial charge in [-0.25, -0.2) is 0 Å². The first-order chi connectivity index (χ1) is 13.8. The van der Waals surface area contributed by atoms with Gasteiger partial charge in [0.1, 0.15) is 5.78 Å². The molecule has 1 aromatic rings. The van der Waals surface area contributed by atoms with Crippen LogP contribution in [0.25, 0.3) is 0 Å². The molecule has 0 atom stereocenters. The molecule has 1 aliphatic carbocycles. The summed E-state index contributed by atoms with van der Waals surface area (Å²) in [6.07, 6.45) is 6.06. The summed E-state index contributed by atoms with van der Waals surface area (Å²) in [4.78, 5) is 12.2. The van der Waals surface area contributed by atoms with E-state index in [0.29, 0.717) is 17.1 Å². The highest BCUT2D eigenvalue weighted by Gasteiger charge is 2.33. The van der Waals surface area contributed by atoms with Crippen molar-refractivity contribution >= 4 is 5.78 Å². The lowest BCUT2D eigenvalue weighted by Crippen LogP contribution is -2.31. The summed E-state index contributed by atoms with van der Waals surface area (Å²) in [6, 6.07) is 9.00. The molecule has 1 fully saturated rings. The minimum atomic E-state index is -0.151. The van der Waals surface area contributed by atoms with Gasteiger partial charge in [-0.05, 0) is 65.4 Å². The average molecular weight is 429 g/mol. The maximum absolute atomic E-state index is 12.2. The molecular formula is C30H52O. The van der Waals surface area contributed by atoms with Crippen LogP contribution in [0.1, 0.15) is 126 Å². The van der Waals surface area contributed by atoms with Gasteiger partial charge in [0.2, 0.25) is 0 Å². The average Bonchev–Trinajstić information content (AvgIpc) is 2.59. The molecule has 0 heterocycles. The van der Waals surface area contributed by atoms with Gasteiger partial charge in [0.25, 0.3) is 0 Å². The van der Waals surface area contributed by atoms with Gasteiger partial charge in [0, 0.05) is 11.3 Å². The molecule has 0 unspecified atom stereocenters. The molecule has 0 amide bonds. The SMILES string of the molecule is CC(C)(C)CC1CCC(C(=O)C(C)(C)C)CC1.CC(C)(C)c1ccc(C(C)(C)C)cc1. The molecule has 1 heteroatoms. The number of hydrogen-bond acceptors (Lipinski definition) is 1. The maximum Gasteiger partial charge on any atom is 0.141 e. The molecule has 0 radical (unpaired) electrons. The lowest BCUT2D eigenvalue weighted by atomic mass is 9.70. The van der Waals surface area contributed by atoms with E-state index in [2.05, 4.69) is 107 Å². The van der Waals surface area contributed by atoms with Crippen molar-refractivity contribution in [2.45, 2.75) is 126 Å². The summed E-state index contributed by atoms with van der Waals surface area (Å²) in [7, 11) is 0. The van der Waals surface area contributed by atoms with Crippen LogP contribution < -0.4 is 0 Å². The number of carbonyl (C=O) groups excluding carboxylic acids is 1. The Hall–Kier alpha value is -1.11. The smallest absolute Gasteiger partial charge is 0.141 e. The van der Waals surface area contributed by atoms with Crippen LogP contribution in [0.5, 0.6) is 0 Å². The molecule has 0 bridgehead atoms. The molecule has 0 aromatic heterocycles. The Morgan fingerprint density at radius 3 is 1.29 bits per heavy atom. The topological polar surface area (TPSA) is 17.1 Å². The standard InChI is InChI=1S/C16H30O.C14H22/c1-15(2,3)11-12-7-9-13(10-8-12)14(17)16(4,5)6;1-13(2,3)11-7-9-12(10-8-11)14(4,5)6/h12-13H,7-11H2,1-6H3;7-10H,1-6H3. The zero-order chi connectivity index (χ0) is 24.3. The van der Waals surface area contributed by atoms with Crippen LogP contribution in [0.3, 0.4) is 0 Å². The maximum atomic E-state index is 12.2. The number of Topliss-reactive ketones (excluding diaryl/α,β-unsaturated/α-hetero) is 1. The lowest BCUT2D eigenvalue weighted by Gasteiger charge is -2.34. The van der Waals surface area contributed by atoms with Gasteiger partial charge in [-0.1, -0.05) is 107 Å². The Balaban J connectivity index is 0.000000316. The first-order valence-electron chi connectivity index (χ1n) is 12.5. The molecule has 0 N–H and O–H groups in total. The fraction of sp³-hybridized carbons (Fsp3) is 0.767. The third-order valence-electron chi connectivity index (χ3n) is 6.47. The minimum Gasteiger partial charge on any atom is -0.299 e. The Labute approximate surface area is 194 Å². The number of benzene rings is 1. The van der Waals surface area contributed by atoms with E-state index < -0.39 is 0 Å². The summed E-state index contributed by atoms with van der Waals surface area (Å²) in [5.74, 6) is 1.66. The second-order valence-corrected chi connectivity index (χ2v) is 14.2. The molecule has 1 aliphatic rings. The highest BCUT2D eigenvalue weighted by molar-refractivity contribution is 5.85. The molecule has 1 saturated carbocycles. The van der Waals surface area contributed by atoms with Crippen molar-refractivity contribution < 1.29 is 4.79 Å². The number of ketones is 1. The Kier molecular flexibility index (Phi) is 9.21. The van der Waals surface area contributed by atoms with Gasteiger partial charge >= 0.3 is 0 Å². The molecule has 178 valence electrons. The van der Waals surface area contributed by atoms with Gasteiger partial charge in [-0.3, -0.25) is 4.79 Å². The van der Waals surface area contributed by atoms with Crippen molar-refractivity contribution in [2.24, 2.45) is 22.7 Å². The van der Waals surface area contributed by atoms with E-state index in [4.69, 9.17) is 0 Å². The van der Waals surface area contributed by atoms with Gasteiger partial charge in [-0.2, -0.15) is 0 Å². The largest absolute Gasteiger partial charge is 0.299 e. The summed E-state index contributed by atoms with van der Waals surface area (Å²) >= 11 is 0. The third-order valence-corrected chi connectivity index (χ3v) is 6.47. The van der Waals surface area contributed by atoms with Gasteiger partial charge < -0.3 is 0 Å². The molecule has 0 spiro atoms. The van der Waals surface area contributed by atoms with E-state index in [1.807, 2.05) is 0 Å². The summed E-state index contributed by atoms with van der Waals surface area (Å²) in [5, 5.41) is 0. The van der Waals surface area contributed by atoms with Crippen LogP contribution in [0.15, 0.2) is 24.3 Å². The molecule has 1 nitrogen and oxygen atoms in total. The van der Waals surface area contributed by atoms with Crippen molar-refractivity contribution in [1.82, 2.24) is 0 Å². The minimum absolute atomic E-state index is 0.151. The first-order valence-corrected chi connectivity index (χ1v) is 12.5. The van der Waals surface area contributed by atoms with E-state index in [-0.39, 0.29) is 16.2 Å². The predicted molar refractivity (Wildman–Crippen MR) is 138 cm³/mol. The fourth-order valence-electron chi connectivity index (χ4n) is 4.58. The van der Waals surface area contributed by atoms with Crippen LogP contribution in [-0.4, -0.2) is 5.78 Å². The number of hydrogen-bond donors (Lipinski definition) is 0. The molecule has 0 aliphatic heterocycles. The second-order valence-electron chi connectivity index (χ2n) is 14.2. The van der Waals surface area contributed by atoms with Crippen molar-refractivity contribution in [3.05, 3.63) is 35.4 Å². The fourth-order valence-corrected chi connectivity index (χ4v) is 4.58. The molecule has 0 saturated heterocycles. The summed E-state index contributed by atoms with van der Waals surface area (Å²) in [6.45, 7) is 26.6.